The van der Waals surface area contributed by atoms with Crippen LogP contribution in [0, 0.1) is 0 Å². The predicted octanol–water partition coefficient (Wildman–Crippen LogP) is 4.12. The number of pyridine rings is 2. The highest BCUT2D eigenvalue weighted by molar-refractivity contribution is 6.08. The van der Waals surface area contributed by atoms with Gasteiger partial charge in [0, 0.05) is 10.8 Å². The van der Waals surface area contributed by atoms with Crippen molar-refractivity contribution in [2.45, 2.75) is 0 Å². The zero-order valence-electron chi connectivity index (χ0n) is 16.2. The first-order chi connectivity index (χ1) is 15.2. The van der Waals surface area contributed by atoms with Gasteiger partial charge in [-0.05, 0) is 36.4 Å². The maximum absolute atomic E-state index is 12.9. The molecule has 7 heteroatoms. The van der Waals surface area contributed by atoms with Crippen LogP contribution in [0.5, 0.6) is 0 Å². The predicted molar refractivity (Wildman–Crippen MR) is 116 cm³/mol. The summed E-state index contributed by atoms with van der Waals surface area (Å²) in [4.78, 5) is 34.3. The van der Waals surface area contributed by atoms with Crippen LogP contribution in [-0.2, 0) is 0 Å². The number of carbonyl (C=O) groups is 2. The highest BCUT2D eigenvalue weighted by Crippen LogP contribution is 2.25. The number of hydrogen-bond acceptors (Lipinski definition) is 5. The van der Waals surface area contributed by atoms with E-state index in [4.69, 9.17) is 4.42 Å². The van der Waals surface area contributed by atoms with Crippen molar-refractivity contribution in [1.29, 1.82) is 0 Å². The van der Waals surface area contributed by atoms with Gasteiger partial charge in [-0.1, -0.05) is 42.5 Å². The van der Waals surface area contributed by atoms with E-state index in [1.54, 1.807) is 36.6 Å². The zero-order valence-corrected chi connectivity index (χ0v) is 16.2. The highest BCUT2D eigenvalue weighted by Gasteiger charge is 2.16. The summed E-state index contributed by atoms with van der Waals surface area (Å²) in [6.45, 7) is 0. The van der Waals surface area contributed by atoms with Crippen LogP contribution in [0.1, 0.15) is 20.8 Å². The van der Waals surface area contributed by atoms with Crippen LogP contribution in [0.25, 0.3) is 33.3 Å². The van der Waals surface area contributed by atoms with Crippen molar-refractivity contribution in [2.75, 3.05) is 0 Å². The zero-order chi connectivity index (χ0) is 21.2. The van der Waals surface area contributed by atoms with Crippen molar-refractivity contribution in [3.63, 3.8) is 0 Å². The Kier molecular flexibility index (Phi) is 4.61. The largest absolute Gasteiger partial charge is 0.463 e. The lowest BCUT2D eigenvalue weighted by atomic mass is 10.1. The summed E-state index contributed by atoms with van der Waals surface area (Å²) >= 11 is 0. The number of benzene rings is 2. The highest BCUT2D eigenvalue weighted by atomic mass is 16.3. The van der Waals surface area contributed by atoms with E-state index < -0.39 is 11.8 Å². The summed E-state index contributed by atoms with van der Waals surface area (Å²) in [6, 6.07) is 23.4. The number of aromatic nitrogens is 2. The van der Waals surface area contributed by atoms with Crippen molar-refractivity contribution >= 4 is 33.6 Å². The van der Waals surface area contributed by atoms with E-state index in [0.717, 1.165) is 5.39 Å². The normalized spacial score (nSPS) is 10.8. The summed E-state index contributed by atoms with van der Waals surface area (Å²) in [5.41, 5.74) is 7.34. The van der Waals surface area contributed by atoms with Gasteiger partial charge in [-0.25, -0.2) is 9.97 Å². The number of furan rings is 1. The molecule has 0 fully saturated rings. The second-order valence-corrected chi connectivity index (χ2v) is 6.85. The van der Waals surface area contributed by atoms with Gasteiger partial charge >= 0.3 is 0 Å². The van der Waals surface area contributed by atoms with E-state index in [1.165, 1.54) is 0 Å². The number of fused-ring (bicyclic) bond motifs is 2. The Morgan fingerprint density at radius 2 is 1.52 bits per heavy atom. The van der Waals surface area contributed by atoms with Gasteiger partial charge < -0.3 is 4.42 Å². The summed E-state index contributed by atoms with van der Waals surface area (Å²) in [7, 11) is 0. The van der Waals surface area contributed by atoms with Gasteiger partial charge in [0.05, 0.1) is 22.9 Å². The Bertz CT molecular complexity index is 1430. The van der Waals surface area contributed by atoms with Crippen molar-refractivity contribution in [2.24, 2.45) is 0 Å². The van der Waals surface area contributed by atoms with Gasteiger partial charge in [0.1, 0.15) is 11.4 Å². The summed E-state index contributed by atoms with van der Waals surface area (Å²) in [6.07, 6.45) is 1.54. The Hall–Kier alpha value is -4.52. The average molecular weight is 408 g/mol. The minimum atomic E-state index is -0.510. The molecule has 31 heavy (non-hydrogen) atoms. The van der Waals surface area contributed by atoms with Crippen molar-refractivity contribution in [3.8, 4) is 11.5 Å². The minimum Gasteiger partial charge on any atom is -0.463 e. The molecule has 2 amide bonds. The second-order valence-electron chi connectivity index (χ2n) is 6.85. The molecule has 0 saturated carbocycles. The molecule has 3 heterocycles. The third-order valence-corrected chi connectivity index (χ3v) is 4.86. The molecule has 2 N–H and O–H groups in total. The Morgan fingerprint density at radius 3 is 2.35 bits per heavy atom. The average Bonchev–Trinajstić information content (AvgIpc) is 3.36. The lowest BCUT2D eigenvalue weighted by Crippen LogP contribution is -2.42. The van der Waals surface area contributed by atoms with Crippen LogP contribution in [0.15, 0.2) is 89.5 Å². The third-order valence-electron chi connectivity index (χ3n) is 4.86. The summed E-state index contributed by atoms with van der Waals surface area (Å²) < 4.78 is 5.42. The maximum atomic E-state index is 12.9. The molecule has 0 aliphatic rings. The van der Waals surface area contributed by atoms with E-state index in [1.807, 2.05) is 48.5 Å². The van der Waals surface area contributed by atoms with Crippen molar-refractivity contribution in [3.05, 3.63) is 96.4 Å². The topological polar surface area (TPSA) is 97.1 Å². The lowest BCUT2D eigenvalue weighted by molar-refractivity contribution is 0.0845. The standard InChI is InChI=1S/C24H16N4O3/c29-23(27-28-24(30)20-12-11-15-6-1-3-8-18(15)25-20)17-14-21(22-10-5-13-31-22)26-19-9-4-2-7-16(17)19/h1-14H,(H,27,29)(H,28,30). The SMILES string of the molecule is O=C(NNC(=O)c1cc(-c2ccco2)nc2ccccc12)c1ccc2ccccc2n1. The van der Waals surface area contributed by atoms with E-state index in [-0.39, 0.29) is 5.69 Å². The van der Waals surface area contributed by atoms with E-state index in [9.17, 15) is 9.59 Å². The van der Waals surface area contributed by atoms with E-state index in [0.29, 0.717) is 33.4 Å². The van der Waals surface area contributed by atoms with Gasteiger partial charge in [-0.2, -0.15) is 0 Å². The van der Waals surface area contributed by atoms with Gasteiger partial charge in [-0.15, -0.1) is 0 Å². The fourth-order valence-corrected chi connectivity index (χ4v) is 3.35. The molecule has 0 aliphatic heterocycles. The monoisotopic (exact) mass is 408 g/mol. The molecule has 2 aromatic carbocycles. The van der Waals surface area contributed by atoms with Crippen LogP contribution in [0.4, 0.5) is 0 Å². The number of rotatable bonds is 3. The number of hydrazine groups is 1. The molecular weight excluding hydrogens is 392 g/mol. The molecule has 0 aliphatic carbocycles. The molecule has 150 valence electrons. The smallest absolute Gasteiger partial charge is 0.288 e. The minimum absolute atomic E-state index is 0.204. The molecule has 0 bridgehead atoms. The number of hydrogen-bond donors (Lipinski definition) is 2. The van der Waals surface area contributed by atoms with Gasteiger partial charge in [0.25, 0.3) is 11.8 Å². The molecule has 0 atom stereocenters. The molecule has 3 aromatic heterocycles. The number of nitrogens with one attached hydrogen (secondary N) is 2. The third kappa shape index (κ3) is 3.60. The molecule has 0 spiro atoms. The Balaban J connectivity index is 1.41. The van der Waals surface area contributed by atoms with Crippen LogP contribution >= 0.6 is 0 Å². The number of carbonyl (C=O) groups excluding carboxylic acids is 2. The second kappa shape index (κ2) is 7.72. The Labute approximate surface area is 176 Å². The first kappa shape index (κ1) is 18.5. The van der Waals surface area contributed by atoms with Gasteiger partial charge in [0.15, 0.2) is 5.76 Å². The van der Waals surface area contributed by atoms with Crippen LogP contribution in [-0.4, -0.2) is 21.8 Å². The Morgan fingerprint density at radius 1 is 0.742 bits per heavy atom. The lowest BCUT2D eigenvalue weighted by Gasteiger charge is -2.11. The molecule has 7 nitrogen and oxygen atoms in total. The number of nitrogens with zero attached hydrogens (tertiary/aromatic N) is 2. The number of amides is 2. The van der Waals surface area contributed by atoms with E-state index in [2.05, 4.69) is 20.8 Å². The van der Waals surface area contributed by atoms with E-state index >= 15 is 0 Å². The quantitative estimate of drug-likeness (QED) is 0.438. The maximum Gasteiger partial charge on any atom is 0.288 e. The summed E-state index contributed by atoms with van der Waals surface area (Å²) in [5.74, 6) is -0.437. The molecular formula is C24H16N4O3. The molecule has 0 unspecified atom stereocenters. The number of para-hydroxylation sites is 2. The molecule has 5 rings (SSSR count). The fraction of sp³-hybridized carbons (Fsp3) is 0. The van der Waals surface area contributed by atoms with Crippen LogP contribution < -0.4 is 10.9 Å². The fourth-order valence-electron chi connectivity index (χ4n) is 3.35. The van der Waals surface area contributed by atoms with Crippen LogP contribution in [0.3, 0.4) is 0 Å². The molecule has 0 saturated heterocycles. The first-order valence-corrected chi connectivity index (χ1v) is 9.59. The molecule has 0 radical (unpaired) electrons. The summed E-state index contributed by atoms with van der Waals surface area (Å²) in [5, 5.41) is 1.59. The first-order valence-electron chi connectivity index (χ1n) is 9.59. The van der Waals surface area contributed by atoms with Crippen molar-refractivity contribution < 1.29 is 14.0 Å². The van der Waals surface area contributed by atoms with Crippen molar-refractivity contribution in [1.82, 2.24) is 20.8 Å². The van der Waals surface area contributed by atoms with Gasteiger partial charge in [-0.3, -0.25) is 20.4 Å². The van der Waals surface area contributed by atoms with Crippen LogP contribution in [0.2, 0.25) is 0 Å². The molecule has 5 aromatic rings. The van der Waals surface area contributed by atoms with Gasteiger partial charge in [0.2, 0.25) is 0 Å².